The second kappa shape index (κ2) is 5.53. The lowest BCUT2D eigenvalue weighted by atomic mass is 9.97. The molecule has 0 aliphatic carbocycles. The highest BCUT2D eigenvalue weighted by Gasteiger charge is 2.36. The van der Waals surface area contributed by atoms with Crippen LogP contribution < -0.4 is 0 Å². The largest absolute Gasteiger partial charge is 0.461 e. The zero-order valence-electron chi connectivity index (χ0n) is 13.0. The van der Waals surface area contributed by atoms with Crippen molar-refractivity contribution in [3.05, 3.63) is 70.9 Å². The van der Waals surface area contributed by atoms with E-state index in [-0.39, 0.29) is 12.6 Å². The first kappa shape index (κ1) is 14.5. The van der Waals surface area contributed by atoms with E-state index in [9.17, 15) is 9.59 Å². The smallest absolute Gasteiger partial charge is 0.355 e. The van der Waals surface area contributed by atoms with Crippen molar-refractivity contribution >= 4 is 22.8 Å². The van der Waals surface area contributed by atoms with Crippen LogP contribution in [0.4, 0.5) is 0 Å². The molecule has 0 fully saturated rings. The Balaban J connectivity index is 1.95. The fourth-order valence-electron chi connectivity index (χ4n) is 3.16. The molecular formula is C19H15NO4. The Kier molecular flexibility index (Phi) is 3.34. The van der Waals surface area contributed by atoms with Crippen molar-refractivity contribution in [1.29, 1.82) is 0 Å². The molecule has 0 unspecified atom stereocenters. The van der Waals surface area contributed by atoms with E-state index in [0.717, 1.165) is 16.5 Å². The number of cyclic esters (lactones) is 1. The summed E-state index contributed by atoms with van der Waals surface area (Å²) in [4.78, 5) is 27.7. The maximum absolute atomic E-state index is 12.4. The Morgan fingerprint density at radius 2 is 1.92 bits per heavy atom. The first-order chi connectivity index (χ1) is 11.7. The molecule has 0 saturated carbocycles. The van der Waals surface area contributed by atoms with Gasteiger partial charge in [-0.25, -0.2) is 9.59 Å². The summed E-state index contributed by atoms with van der Waals surface area (Å²) in [6.07, 6.45) is -0.621. The van der Waals surface area contributed by atoms with E-state index in [1.165, 1.54) is 0 Å². The molecule has 0 radical (unpaired) electrons. The van der Waals surface area contributed by atoms with E-state index < -0.39 is 12.1 Å². The van der Waals surface area contributed by atoms with Crippen LogP contribution in [0.5, 0.6) is 0 Å². The fourth-order valence-corrected chi connectivity index (χ4v) is 3.16. The zero-order chi connectivity index (χ0) is 16.7. The summed E-state index contributed by atoms with van der Waals surface area (Å²) in [7, 11) is 0. The summed E-state index contributed by atoms with van der Waals surface area (Å²) in [6, 6.07) is 14.8. The maximum Gasteiger partial charge on any atom is 0.355 e. The topological polar surface area (TPSA) is 68.4 Å². The average molecular weight is 321 g/mol. The van der Waals surface area contributed by atoms with Gasteiger partial charge in [0.15, 0.2) is 6.10 Å². The molecule has 0 amide bonds. The lowest BCUT2D eigenvalue weighted by Crippen LogP contribution is -2.11. The van der Waals surface area contributed by atoms with Gasteiger partial charge in [0, 0.05) is 22.0 Å². The molecule has 1 aliphatic heterocycles. The summed E-state index contributed by atoms with van der Waals surface area (Å²) in [5.74, 6) is -0.833. The monoisotopic (exact) mass is 321 g/mol. The molecule has 120 valence electrons. The van der Waals surface area contributed by atoms with Crippen LogP contribution in [0.3, 0.4) is 0 Å². The Morgan fingerprint density at radius 1 is 1.17 bits per heavy atom. The summed E-state index contributed by atoms with van der Waals surface area (Å²) in [5.41, 5.74) is 3.06. The number of nitrogens with one attached hydrogen (secondary N) is 1. The molecule has 1 aliphatic rings. The Labute approximate surface area is 138 Å². The molecule has 5 nitrogen and oxygen atoms in total. The first-order valence-electron chi connectivity index (χ1n) is 7.78. The maximum atomic E-state index is 12.4. The van der Waals surface area contributed by atoms with Gasteiger partial charge in [0.2, 0.25) is 0 Å². The highest BCUT2D eigenvalue weighted by molar-refractivity contribution is 6.01. The number of esters is 2. The molecule has 2 aromatic carbocycles. The van der Waals surface area contributed by atoms with Gasteiger partial charge in [-0.05, 0) is 19.1 Å². The van der Waals surface area contributed by atoms with Gasteiger partial charge >= 0.3 is 11.9 Å². The van der Waals surface area contributed by atoms with E-state index in [1.807, 2.05) is 36.4 Å². The summed E-state index contributed by atoms with van der Waals surface area (Å²) < 4.78 is 10.7. The van der Waals surface area contributed by atoms with Crippen LogP contribution in [0.2, 0.25) is 0 Å². The summed E-state index contributed by atoms with van der Waals surface area (Å²) >= 11 is 0. The molecule has 0 bridgehead atoms. The number of aromatic amines is 1. The zero-order valence-corrected chi connectivity index (χ0v) is 13.0. The standard InChI is InChI=1S/C19H15NO4/c1-2-23-19(22)16-15(13-9-5-6-10-14(13)20-16)17-11-7-3-4-8-12(11)18(21)24-17/h3-10,17,20H,2H2,1H3/t17-/m0/s1. The van der Waals surface area contributed by atoms with E-state index in [2.05, 4.69) is 4.98 Å². The Morgan fingerprint density at radius 3 is 2.75 bits per heavy atom. The molecular weight excluding hydrogens is 306 g/mol. The lowest BCUT2D eigenvalue weighted by molar-refractivity contribution is 0.0433. The number of hydrogen-bond acceptors (Lipinski definition) is 4. The second-order valence-electron chi connectivity index (χ2n) is 5.55. The number of para-hydroxylation sites is 1. The molecule has 4 rings (SSSR count). The molecule has 0 saturated heterocycles. The van der Waals surface area contributed by atoms with Crippen molar-refractivity contribution in [3.63, 3.8) is 0 Å². The number of hydrogen-bond donors (Lipinski definition) is 1. The van der Waals surface area contributed by atoms with Gasteiger partial charge in [-0.2, -0.15) is 0 Å². The summed E-state index contributed by atoms with van der Waals surface area (Å²) in [5, 5.41) is 0.843. The second-order valence-corrected chi connectivity index (χ2v) is 5.55. The van der Waals surface area contributed by atoms with Crippen molar-refractivity contribution in [1.82, 2.24) is 4.98 Å². The number of ether oxygens (including phenoxy) is 2. The van der Waals surface area contributed by atoms with E-state index in [4.69, 9.17) is 9.47 Å². The van der Waals surface area contributed by atoms with Crippen molar-refractivity contribution in [2.24, 2.45) is 0 Å². The molecule has 5 heteroatoms. The number of carbonyl (C=O) groups excluding carboxylic acids is 2. The number of rotatable bonds is 3. The minimum atomic E-state index is -0.621. The average Bonchev–Trinajstić information content (AvgIpc) is 3.14. The van der Waals surface area contributed by atoms with Gasteiger partial charge in [0.05, 0.1) is 12.2 Å². The molecule has 24 heavy (non-hydrogen) atoms. The molecule has 2 heterocycles. The molecule has 1 N–H and O–H groups in total. The van der Waals surface area contributed by atoms with Crippen molar-refractivity contribution < 1.29 is 19.1 Å². The molecule has 3 aromatic rings. The quantitative estimate of drug-likeness (QED) is 0.748. The van der Waals surface area contributed by atoms with Gasteiger partial charge in [0.1, 0.15) is 5.69 Å². The van der Waals surface area contributed by atoms with E-state index in [1.54, 1.807) is 19.1 Å². The van der Waals surface area contributed by atoms with Crippen molar-refractivity contribution in [2.45, 2.75) is 13.0 Å². The third-order valence-corrected chi connectivity index (χ3v) is 4.18. The lowest BCUT2D eigenvalue weighted by Gasteiger charge is -2.12. The number of fused-ring (bicyclic) bond motifs is 2. The van der Waals surface area contributed by atoms with Gasteiger partial charge in [-0.1, -0.05) is 36.4 Å². The van der Waals surface area contributed by atoms with Crippen LogP contribution in [-0.4, -0.2) is 23.5 Å². The Hall–Kier alpha value is -3.08. The normalized spacial score (nSPS) is 16.0. The van der Waals surface area contributed by atoms with Crippen LogP contribution in [-0.2, 0) is 9.47 Å². The van der Waals surface area contributed by atoms with Gasteiger partial charge in [-0.3, -0.25) is 0 Å². The van der Waals surface area contributed by atoms with Gasteiger partial charge in [0.25, 0.3) is 0 Å². The van der Waals surface area contributed by atoms with E-state index in [0.29, 0.717) is 16.8 Å². The van der Waals surface area contributed by atoms with E-state index >= 15 is 0 Å². The van der Waals surface area contributed by atoms with Crippen LogP contribution in [0.1, 0.15) is 45.0 Å². The van der Waals surface area contributed by atoms with Crippen LogP contribution in [0.15, 0.2) is 48.5 Å². The predicted molar refractivity (Wildman–Crippen MR) is 88.0 cm³/mol. The minimum Gasteiger partial charge on any atom is -0.461 e. The Bertz CT molecular complexity index is 957. The molecule has 1 atom stereocenters. The third-order valence-electron chi connectivity index (χ3n) is 4.18. The number of aromatic nitrogens is 1. The number of carbonyl (C=O) groups is 2. The fraction of sp³-hybridized carbons (Fsp3) is 0.158. The molecule has 0 spiro atoms. The van der Waals surface area contributed by atoms with Crippen LogP contribution in [0, 0.1) is 0 Å². The molecule has 1 aromatic heterocycles. The van der Waals surface area contributed by atoms with Gasteiger partial charge in [-0.15, -0.1) is 0 Å². The number of benzene rings is 2. The van der Waals surface area contributed by atoms with Crippen LogP contribution in [0.25, 0.3) is 10.9 Å². The summed E-state index contributed by atoms with van der Waals surface area (Å²) in [6.45, 7) is 2.03. The SMILES string of the molecule is CCOC(=O)c1[nH]c2ccccc2c1[C@H]1OC(=O)c2ccccc21. The highest BCUT2D eigenvalue weighted by Crippen LogP contribution is 2.40. The van der Waals surface area contributed by atoms with Crippen molar-refractivity contribution in [2.75, 3.05) is 6.61 Å². The first-order valence-corrected chi connectivity index (χ1v) is 7.78. The number of H-pyrrole nitrogens is 1. The highest BCUT2D eigenvalue weighted by atomic mass is 16.6. The predicted octanol–water partition coefficient (Wildman–Crippen LogP) is 3.60. The van der Waals surface area contributed by atoms with Crippen LogP contribution >= 0.6 is 0 Å². The third kappa shape index (κ3) is 2.09. The van der Waals surface area contributed by atoms with Gasteiger partial charge < -0.3 is 14.5 Å². The minimum absolute atomic E-state index is 0.272. The van der Waals surface area contributed by atoms with Crippen molar-refractivity contribution in [3.8, 4) is 0 Å².